The topological polar surface area (TPSA) is 80.9 Å². The van der Waals surface area contributed by atoms with Gasteiger partial charge in [-0.3, -0.25) is 10.4 Å². The second-order valence-corrected chi connectivity index (χ2v) is 4.30. The van der Waals surface area contributed by atoms with Crippen molar-refractivity contribution in [2.75, 3.05) is 26.9 Å². The molecule has 6 heteroatoms. The number of aliphatic imine (C=N–C) groups is 1. The van der Waals surface area contributed by atoms with Crippen LogP contribution in [0.15, 0.2) is 4.99 Å². The number of methoxy groups -OCH3 is 1. The van der Waals surface area contributed by atoms with Gasteiger partial charge in [0.1, 0.15) is 0 Å². The van der Waals surface area contributed by atoms with E-state index in [1.807, 2.05) is 6.92 Å². The standard InChI is InChI=1S/C11H24N4O2/c1-9(8-16-2)14-11(15-12)13-6-5-10-4-3-7-17-10/h9-10H,3-8,12H2,1-2H3,(H2,13,14,15). The summed E-state index contributed by atoms with van der Waals surface area (Å²) in [6, 6.07) is 0.178. The predicted molar refractivity (Wildman–Crippen MR) is 67.7 cm³/mol. The van der Waals surface area contributed by atoms with Crippen LogP contribution in [0.1, 0.15) is 26.2 Å². The van der Waals surface area contributed by atoms with Crippen LogP contribution in [0, 0.1) is 0 Å². The first-order valence-corrected chi connectivity index (χ1v) is 6.14. The van der Waals surface area contributed by atoms with E-state index >= 15 is 0 Å². The molecule has 4 N–H and O–H groups in total. The number of hydrazine groups is 1. The Morgan fingerprint density at radius 2 is 2.47 bits per heavy atom. The van der Waals surface area contributed by atoms with Crippen LogP contribution < -0.4 is 16.6 Å². The molecule has 0 aromatic rings. The molecule has 1 aliphatic heterocycles. The molecule has 0 aliphatic carbocycles. The largest absolute Gasteiger partial charge is 0.383 e. The lowest BCUT2D eigenvalue weighted by atomic mass is 10.2. The first-order valence-electron chi connectivity index (χ1n) is 6.14. The van der Waals surface area contributed by atoms with Gasteiger partial charge in [-0.25, -0.2) is 5.84 Å². The van der Waals surface area contributed by atoms with Gasteiger partial charge in [0.2, 0.25) is 5.96 Å². The number of nitrogens with one attached hydrogen (secondary N) is 2. The minimum Gasteiger partial charge on any atom is -0.383 e. The molecule has 0 aromatic carbocycles. The summed E-state index contributed by atoms with van der Waals surface area (Å²) in [7, 11) is 1.67. The first-order chi connectivity index (χ1) is 8.26. The Balaban J connectivity index is 2.22. The highest BCUT2D eigenvalue weighted by Crippen LogP contribution is 2.14. The summed E-state index contributed by atoms with van der Waals surface area (Å²) in [5.41, 5.74) is 2.56. The maximum atomic E-state index is 5.53. The highest BCUT2D eigenvalue weighted by Gasteiger charge is 2.14. The molecular weight excluding hydrogens is 220 g/mol. The molecule has 1 aliphatic rings. The highest BCUT2D eigenvalue weighted by molar-refractivity contribution is 5.79. The minimum atomic E-state index is 0.178. The van der Waals surface area contributed by atoms with Crippen LogP contribution >= 0.6 is 0 Å². The van der Waals surface area contributed by atoms with Gasteiger partial charge in [-0.15, -0.1) is 0 Å². The van der Waals surface area contributed by atoms with Crippen molar-refractivity contribution in [2.24, 2.45) is 10.8 Å². The smallest absolute Gasteiger partial charge is 0.206 e. The third kappa shape index (κ3) is 5.86. The minimum absolute atomic E-state index is 0.178. The Morgan fingerprint density at radius 1 is 1.65 bits per heavy atom. The summed E-state index contributed by atoms with van der Waals surface area (Å²) in [5.74, 6) is 6.00. The van der Waals surface area contributed by atoms with Gasteiger partial charge < -0.3 is 14.8 Å². The molecule has 1 saturated heterocycles. The van der Waals surface area contributed by atoms with Crippen molar-refractivity contribution in [3.63, 3.8) is 0 Å². The maximum Gasteiger partial charge on any atom is 0.206 e. The molecule has 100 valence electrons. The van der Waals surface area contributed by atoms with Gasteiger partial charge in [0.15, 0.2) is 0 Å². The highest BCUT2D eigenvalue weighted by atomic mass is 16.5. The van der Waals surface area contributed by atoms with Crippen molar-refractivity contribution in [3.8, 4) is 0 Å². The fraction of sp³-hybridized carbons (Fsp3) is 0.909. The Hall–Kier alpha value is -0.850. The molecule has 1 fully saturated rings. The molecule has 0 saturated carbocycles. The maximum absolute atomic E-state index is 5.53. The number of rotatable bonds is 6. The fourth-order valence-electron chi connectivity index (χ4n) is 1.85. The lowest BCUT2D eigenvalue weighted by Crippen LogP contribution is -2.47. The third-order valence-corrected chi connectivity index (χ3v) is 2.68. The fourth-order valence-corrected chi connectivity index (χ4v) is 1.85. The Labute approximate surface area is 103 Å². The van der Waals surface area contributed by atoms with E-state index in [0.717, 1.165) is 26.0 Å². The number of ether oxygens (including phenoxy) is 2. The van der Waals surface area contributed by atoms with E-state index in [1.54, 1.807) is 7.11 Å². The molecule has 1 heterocycles. The van der Waals surface area contributed by atoms with Crippen LogP contribution in [0.4, 0.5) is 0 Å². The SMILES string of the molecule is COCC(C)NC(=NCCC1CCCO1)NN. The molecule has 6 nitrogen and oxygen atoms in total. The van der Waals surface area contributed by atoms with Gasteiger partial charge in [0.05, 0.1) is 12.7 Å². The molecule has 2 unspecified atom stereocenters. The summed E-state index contributed by atoms with van der Waals surface area (Å²) >= 11 is 0. The van der Waals surface area contributed by atoms with Crippen LogP contribution in [-0.2, 0) is 9.47 Å². The Kier molecular flexibility index (Phi) is 6.91. The summed E-state index contributed by atoms with van der Waals surface area (Å²) in [6.45, 7) is 4.24. The van der Waals surface area contributed by atoms with Crippen LogP contribution in [0.5, 0.6) is 0 Å². The molecule has 2 atom stereocenters. The van der Waals surface area contributed by atoms with Crippen molar-refractivity contribution < 1.29 is 9.47 Å². The lowest BCUT2D eigenvalue weighted by molar-refractivity contribution is 0.106. The van der Waals surface area contributed by atoms with Crippen molar-refractivity contribution in [1.82, 2.24) is 10.7 Å². The number of hydrogen-bond donors (Lipinski definition) is 3. The van der Waals surface area contributed by atoms with Crippen molar-refractivity contribution in [2.45, 2.75) is 38.3 Å². The second kappa shape index (κ2) is 8.27. The second-order valence-electron chi connectivity index (χ2n) is 4.30. The normalized spacial score (nSPS) is 22.5. The molecule has 0 radical (unpaired) electrons. The van der Waals surface area contributed by atoms with E-state index in [1.165, 1.54) is 6.42 Å². The third-order valence-electron chi connectivity index (χ3n) is 2.68. The van der Waals surface area contributed by atoms with E-state index in [0.29, 0.717) is 18.7 Å². The van der Waals surface area contributed by atoms with Crippen LogP contribution in [-0.4, -0.2) is 45.0 Å². The first kappa shape index (κ1) is 14.2. The van der Waals surface area contributed by atoms with Gasteiger partial charge in [0, 0.05) is 26.3 Å². The van der Waals surface area contributed by atoms with Crippen molar-refractivity contribution >= 4 is 5.96 Å². The summed E-state index contributed by atoms with van der Waals surface area (Å²) in [4.78, 5) is 4.36. The number of nitrogens with zero attached hydrogens (tertiary/aromatic N) is 1. The van der Waals surface area contributed by atoms with Gasteiger partial charge in [-0.2, -0.15) is 0 Å². The monoisotopic (exact) mass is 244 g/mol. The molecule has 1 rings (SSSR count). The van der Waals surface area contributed by atoms with E-state index in [2.05, 4.69) is 15.7 Å². The average Bonchev–Trinajstić information content (AvgIpc) is 2.81. The summed E-state index contributed by atoms with van der Waals surface area (Å²) < 4.78 is 10.6. The zero-order chi connectivity index (χ0) is 12.5. The molecule has 0 amide bonds. The zero-order valence-electron chi connectivity index (χ0n) is 10.7. The van der Waals surface area contributed by atoms with E-state index in [9.17, 15) is 0 Å². The quantitative estimate of drug-likeness (QED) is 0.265. The predicted octanol–water partition coefficient (Wildman–Crippen LogP) is -0.000700. The van der Waals surface area contributed by atoms with Gasteiger partial charge in [-0.1, -0.05) is 0 Å². The molecule has 17 heavy (non-hydrogen) atoms. The lowest BCUT2D eigenvalue weighted by Gasteiger charge is -2.15. The zero-order valence-corrected chi connectivity index (χ0v) is 10.7. The van der Waals surface area contributed by atoms with Crippen molar-refractivity contribution in [3.05, 3.63) is 0 Å². The van der Waals surface area contributed by atoms with E-state index < -0.39 is 0 Å². The van der Waals surface area contributed by atoms with E-state index in [-0.39, 0.29) is 6.04 Å². The van der Waals surface area contributed by atoms with E-state index in [4.69, 9.17) is 15.3 Å². The van der Waals surface area contributed by atoms with Gasteiger partial charge in [-0.05, 0) is 26.2 Å². The van der Waals surface area contributed by atoms with Crippen LogP contribution in [0.25, 0.3) is 0 Å². The molecule has 0 aromatic heterocycles. The van der Waals surface area contributed by atoms with Gasteiger partial charge in [0.25, 0.3) is 0 Å². The van der Waals surface area contributed by atoms with Crippen molar-refractivity contribution in [1.29, 1.82) is 0 Å². The van der Waals surface area contributed by atoms with Crippen LogP contribution in [0.3, 0.4) is 0 Å². The molecule has 0 bridgehead atoms. The van der Waals surface area contributed by atoms with Gasteiger partial charge >= 0.3 is 0 Å². The Morgan fingerprint density at radius 3 is 3.06 bits per heavy atom. The van der Waals surface area contributed by atoms with Crippen LogP contribution in [0.2, 0.25) is 0 Å². The summed E-state index contributed by atoms with van der Waals surface area (Å²) in [5, 5.41) is 3.14. The molecular formula is C11H24N4O2. The average molecular weight is 244 g/mol. The summed E-state index contributed by atoms with van der Waals surface area (Å²) in [6.07, 6.45) is 3.63. The Bertz CT molecular complexity index is 230. The number of hydrogen-bond acceptors (Lipinski definition) is 4. The molecule has 0 spiro atoms. The number of nitrogens with two attached hydrogens (primary N) is 1. The number of guanidine groups is 1.